The summed E-state index contributed by atoms with van der Waals surface area (Å²) in [4.78, 5) is 26.8. The standard InChI is InChI=1S/C15H28N2O2S/c1-5-9-12-13(18)16-15(4,6-2)14(19)17(12)10-8-11-20-7-3/h12H,5-11H2,1-4H3,(H,16,18). The van der Waals surface area contributed by atoms with Gasteiger partial charge >= 0.3 is 0 Å². The van der Waals surface area contributed by atoms with Crippen LogP contribution < -0.4 is 5.32 Å². The van der Waals surface area contributed by atoms with Crippen molar-refractivity contribution in [3.05, 3.63) is 0 Å². The molecule has 1 heterocycles. The van der Waals surface area contributed by atoms with Crippen molar-refractivity contribution in [3.63, 3.8) is 0 Å². The summed E-state index contributed by atoms with van der Waals surface area (Å²) in [6, 6.07) is -0.279. The number of rotatable bonds is 8. The fourth-order valence-electron chi connectivity index (χ4n) is 2.55. The Morgan fingerprint density at radius 2 is 2.00 bits per heavy atom. The number of thioether (sulfide) groups is 1. The Hall–Kier alpha value is -0.710. The lowest BCUT2D eigenvalue weighted by Gasteiger charge is -2.44. The molecule has 116 valence electrons. The fraction of sp³-hybridized carbons (Fsp3) is 0.867. The molecule has 0 saturated carbocycles. The van der Waals surface area contributed by atoms with Gasteiger partial charge in [0, 0.05) is 6.54 Å². The Labute approximate surface area is 127 Å². The summed E-state index contributed by atoms with van der Waals surface area (Å²) in [5.41, 5.74) is -0.723. The summed E-state index contributed by atoms with van der Waals surface area (Å²) >= 11 is 1.88. The number of nitrogens with one attached hydrogen (secondary N) is 1. The van der Waals surface area contributed by atoms with Crippen LogP contribution in [-0.2, 0) is 9.59 Å². The van der Waals surface area contributed by atoms with E-state index in [1.54, 1.807) is 0 Å². The Kier molecular flexibility index (Phi) is 6.86. The normalized spacial score (nSPS) is 26.8. The Bertz CT molecular complexity index is 349. The van der Waals surface area contributed by atoms with Gasteiger partial charge in [0.25, 0.3) is 0 Å². The molecular weight excluding hydrogens is 272 g/mol. The lowest BCUT2D eigenvalue weighted by Crippen LogP contribution is -2.69. The molecule has 2 atom stereocenters. The smallest absolute Gasteiger partial charge is 0.248 e. The minimum Gasteiger partial charge on any atom is -0.340 e. The second-order valence-electron chi connectivity index (χ2n) is 5.53. The van der Waals surface area contributed by atoms with E-state index in [4.69, 9.17) is 0 Å². The predicted molar refractivity (Wildman–Crippen MR) is 84.9 cm³/mol. The summed E-state index contributed by atoms with van der Waals surface area (Å²) in [5, 5.41) is 2.92. The Balaban J connectivity index is 2.79. The lowest BCUT2D eigenvalue weighted by molar-refractivity contribution is -0.154. The molecule has 1 fully saturated rings. The van der Waals surface area contributed by atoms with Crippen molar-refractivity contribution in [3.8, 4) is 0 Å². The quantitative estimate of drug-likeness (QED) is 0.700. The molecule has 0 aromatic carbocycles. The number of hydrogen-bond donors (Lipinski definition) is 1. The molecule has 1 N–H and O–H groups in total. The first-order valence-electron chi connectivity index (χ1n) is 7.71. The van der Waals surface area contributed by atoms with Crippen LogP contribution in [0.4, 0.5) is 0 Å². The van der Waals surface area contributed by atoms with E-state index in [0.717, 1.165) is 30.8 Å². The van der Waals surface area contributed by atoms with Gasteiger partial charge in [-0.15, -0.1) is 0 Å². The second-order valence-corrected chi connectivity index (χ2v) is 6.92. The molecule has 0 aromatic heterocycles. The zero-order valence-corrected chi connectivity index (χ0v) is 14.0. The number of carbonyl (C=O) groups is 2. The average molecular weight is 300 g/mol. The Morgan fingerprint density at radius 1 is 1.30 bits per heavy atom. The molecule has 5 heteroatoms. The van der Waals surface area contributed by atoms with E-state index in [0.29, 0.717) is 13.0 Å². The molecule has 0 bridgehead atoms. The number of hydrogen-bond acceptors (Lipinski definition) is 3. The van der Waals surface area contributed by atoms with Gasteiger partial charge in [0.2, 0.25) is 11.8 Å². The third-order valence-corrected chi connectivity index (χ3v) is 4.96. The van der Waals surface area contributed by atoms with Gasteiger partial charge in [0.15, 0.2) is 0 Å². The Morgan fingerprint density at radius 3 is 2.55 bits per heavy atom. The molecule has 1 aliphatic rings. The molecule has 2 unspecified atom stereocenters. The molecule has 1 aliphatic heterocycles. The van der Waals surface area contributed by atoms with Gasteiger partial charge in [-0.05, 0) is 37.7 Å². The molecule has 4 nitrogen and oxygen atoms in total. The molecule has 1 saturated heterocycles. The molecular formula is C15H28N2O2S. The van der Waals surface area contributed by atoms with Crippen LogP contribution in [-0.4, -0.2) is 46.3 Å². The van der Waals surface area contributed by atoms with Crippen LogP contribution in [0, 0.1) is 0 Å². The zero-order chi connectivity index (χ0) is 15.2. The van der Waals surface area contributed by atoms with Gasteiger partial charge in [-0.25, -0.2) is 0 Å². The van der Waals surface area contributed by atoms with Gasteiger partial charge in [0.1, 0.15) is 11.6 Å². The van der Waals surface area contributed by atoms with E-state index in [-0.39, 0.29) is 17.9 Å². The molecule has 0 aliphatic carbocycles. The maximum Gasteiger partial charge on any atom is 0.248 e. The maximum absolute atomic E-state index is 12.7. The molecule has 20 heavy (non-hydrogen) atoms. The van der Waals surface area contributed by atoms with Gasteiger partial charge in [0.05, 0.1) is 0 Å². The summed E-state index contributed by atoms with van der Waals surface area (Å²) < 4.78 is 0. The first kappa shape index (κ1) is 17.3. The highest BCUT2D eigenvalue weighted by Gasteiger charge is 2.46. The van der Waals surface area contributed by atoms with Gasteiger partial charge < -0.3 is 10.2 Å². The highest BCUT2D eigenvalue weighted by atomic mass is 32.2. The summed E-state index contributed by atoms with van der Waals surface area (Å²) in [6.07, 6.45) is 3.25. The maximum atomic E-state index is 12.7. The molecule has 1 rings (SSSR count). The minimum absolute atomic E-state index is 0.0129. The first-order valence-corrected chi connectivity index (χ1v) is 8.86. The van der Waals surface area contributed by atoms with E-state index in [2.05, 4.69) is 19.2 Å². The molecule has 0 radical (unpaired) electrons. The van der Waals surface area contributed by atoms with E-state index < -0.39 is 5.54 Å². The van der Waals surface area contributed by atoms with Gasteiger partial charge in [-0.1, -0.05) is 27.2 Å². The van der Waals surface area contributed by atoms with Crippen LogP contribution in [0.25, 0.3) is 0 Å². The van der Waals surface area contributed by atoms with Crippen molar-refractivity contribution in [1.82, 2.24) is 10.2 Å². The van der Waals surface area contributed by atoms with Gasteiger partial charge in [-0.2, -0.15) is 11.8 Å². The van der Waals surface area contributed by atoms with Gasteiger partial charge in [-0.3, -0.25) is 9.59 Å². The van der Waals surface area contributed by atoms with Crippen molar-refractivity contribution in [2.75, 3.05) is 18.1 Å². The van der Waals surface area contributed by atoms with Crippen LogP contribution in [0.15, 0.2) is 0 Å². The van der Waals surface area contributed by atoms with Crippen LogP contribution in [0.3, 0.4) is 0 Å². The van der Waals surface area contributed by atoms with Crippen molar-refractivity contribution in [1.29, 1.82) is 0 Å². The number of nitrogens with zero attached hydrogens (tertiary/aromatic N) is 1. The predicted octanol–water partition coefficient (Wildman–Crippen LogP) is 2.43. The van der Waals surface area contributed by atoms with E-state index in [9.17, 15) is 9.59 Å². The highest BCUT2D eigenvalue weighted by Crippen LogP contribution is 2.24. The monoisotopic (exact) mass is 300 g/mol. The minimum atomic E-state index is -0.723. The number of amides is 2. The summed E-state index contributed by atoms with van der Waals surface area (Å²) in [7, 11) is 0. The van der Waals surface area contributed by atoms with Crippen LogP contribution in [0.5, 0.6) is 0 Å². The summed E-state index contributed by atoms with van der Waals surface area (Å²) in [5.74, 6) is 2.24. The lowest BCUT2D eigenvalue weighted by atomic mass is 9.90. The van der Waals surface area contributed by atoms with E-state index in [1.165, 1.54) is 0 Å². The van der Waals surface area contributed by atoms with Crippen LogP contribution >= 0.6 is 11.8 Å². The number of piperazine rings is 1. The summed E-state index contributed by atoms with van der Waals surface area (Å²) in [6.45, 7) is 8.67. The molecule has 0 spiro atoms. The molecule has 2 amide bonds. The van der Waals surface area contributed by atoms with E-state index in [1.807, 2.05) is 30.5 Å². The first-order chi connectivity index (χ1) is 9.50. The van der Waals surface area contributed by atoms with Crippen molar-refractivity contribution in [2.24, 2.45) is 0 Å². The third kappa shape index (κ3) is 3.90. The average Bonchev–Trinajstić information content (AvgIpc) is 2.43. The third-order valence-electron chi connectivity index (χ3n) is 3.97. The SMILES string of the molecule is CCCC1C(=O)NC(C)(CC)C(=O)N1CCCSCC. The zero-order valence-electron chi connectivity index (χ0n) is 13.2. The van der Waals surface area contributed by atoms with E-state index >= 15 is 0 Å². The van der Waals surface area contributed by atoms with Crippen LogP contribution in [0.1, 0.15) is 53.4 Å². The van der Waals surface area contributed by atoms with Crippen molar-refractivity contribution < 1.29 is 9.59 Å². The largest absolute Gasteiger partial charge is 0.340 e. The second kappa shape index (κ2) is 7.91. The topological polar surface area (TPSA) is 49.4 Å². The fourth-order valence-corrected chi connectivity index (χ4v) is 3.17. The van der Waals surface area contributed by atoms with Crippen molar-refractivity contribution >= 4 is 23.6 Å². The van der Waals surface area contributed by atoms with Crippen LogP contribution in [0.2, 0.25) is 0 Å². The van der Waals surface area contributed by atoms with Crippen molar-refractivity contribution in [2.45, 2.75) is 65.0 Å². The number of carbonyl (C=O) groups excluding carboxylic acids is 2. The molecule has 0 aromatic rings. The highest BCUT2D eigenvalue weighted by molar-refractivity contribution is 7.99.